The predicted molar refractivity (Wildman–Crippen MR) is 67.5 cm³/mol. The van der Waals surface area contributed by atoms with Crippen LogP contribution in [0.25, 0.3) is 0 Å². The van der Waals surface area contributed by atoms with Crippen molar-refractivity contribution in [1.29, 1.82) is 0 Å². The van der Waals surface area contributed by atoms with Gasteiger partial charge in [-0.2, -0.15) is 5.10 Å². The molecule has 3 heteroatoms. The zero-order valence-corrected chi connectivity index (χ0v) is 10.1. The molecule has 0 atom stereocenters. The third-order valence-electron chi connectivity index (χ3n) is 3.25. The van der Waals surface area contributed by atoms with Gasteiger partial charge in [-0.15, -0.1) is 0 Å². The summed E-state index contributed by atoms with van der Waals surface area (Å²) in [6.07, 6.45) is 0. The Labute approximate surface area is 102 Å². The van der Waals surface area contributed by atoms with Crippen molar-refractivity contribution in [2.45, 2.75) is 26.6 Å². The zero-order valence-electron chi connectivity index (χ0n) is 10.1. The lowest BCUT2D eigenvalue weighted by molar-refractivity contribution is 0.205. The van der Waals surface area contributed by atoms with Crippen LogP contribution in [0.4, 0.5) is 0 Å². The topological polar surface area (TPSA) is 21.1 Å². The number of hydrogen-bond donors (Lipinski definition) is 0. The SMILES string of the molecule is Cc1cc2n(n1)CCN(Cc1ccccc1)C2. The lowest BCUT2D eigenvalue weighted by atomic mass is 10.2. The predicted octanol–water partition coefficient (Wildman–Crippen LogP) is 2.21. The highest BCUT2D eigenvalue weighted by molar-refractivity contribution is 5.15. The van der Waals surface area contributed by atoms with Gasteiger partial charge in [0.05, 0.1) is 17.9 Å². The number of fused-ring (bicyclic) bond motifs is 1. The van der Waals surface area contributed by atoms with Gasteiger partial charge in [-0.1, -0.05) is 30.3 Å². The van der Waals surface area contributed by atoms with Gasteiger partial charge in [0.25, 0.3) is 0 Å². The molecule has 0 unspecified atom stereocenters. The summed E-state index contributed by atoms with van der Waals surface area (Å²) in [5.74, 6) is 0. The average molecular weight is 227 g/mol. The fourth-order valence-electron chi connectivity index (χ4n) is 2.44. The van der Waals surface area contributed by atoms with Crippen LogP contribution in [-0.4, -0.2) is 21.2 Å². The molecule has 0 N–H and O–H groups in total. The number of nitrogens with zero attached hydrogens (tertiary/aromatic N) is 3. The fourth-order valence-corrected chi connectivity index (χ4v) is 2.44. The van der Waals surface area contributed by atoms with Crippen molar-refractivity contribution < 1.29 is 0 Å². The normalized spacial score (nSPS) is 15.8. The van der Waals surface area contributed by atoms with Crippen LogP contribution in [0.15, 0.2) is 36.4 Å². The number of aromatic nitrogens is 2. The third kappa shape index (κ3) is 2.24. The van der Waals surface area contributed by atoms with E-state index in [9.17, 15) is 0 Å². The minimum Gasteiger partial charge on any atom is -0.291 e. The fraction of sp³-hybridized carbons (Fsp3) is 0.357. The van der Waals surface area contributed by atoms with Crippen molar-refractivity contribution in [2.24, 2.45) is 0 Å². The van der Waals surface area contributed by atoms with Gasteiger partial charge in [-0.05, 0) is 18.6 Å². The second-order valence-corrected chi connectivity index (χ2v) is 4.70. The summed E-state index contributed by atoms with van der Waals surface area (Å²) in [5.41, 5.74) is 3.85. The van der Waals surface area contributed by atoms with E-state index >= 15 is 0 Å². The molecule has 0 bridgehead atoms. The molecule has 0 saturated carbocycles. The summed E-state index contributed by atoms with van der Waals surface area (Å²) in [5, 5.41) is 4.48. The third-order valence-corrected chi connectivity index (χ3v) is 3.25. The maximum Gasteiger partial charge on any atom is 0.0597 e. The van der Waals surface area contributed by atoms with Crippen molar-refractivity contribution in [3.63, 3.8) is 0 Å². The first kappa shape index (κ1) is 10.5. The molecule has 17 heavy (non-hydrogen) atoms. The van der Waals surface area contributed by atoms with Crippen molar-refractivity contribution in [3.8, 4) is 0 Å². The molecule has 88 valence electrons. The van der Waals surface area contributed by atoms with Crippen LogP contribution in [-0.2, 0) is 19.6 Å². The Hall–Kier alpha value is -1.61. The summed E-state index contributed by atoms with van der Waals surface area (Å²) in [7, 11) is 0. The minimum atomic E-state index is 1.01. The van der Waals surface area contributed by atoms with Crippen LogP contribution in [0, 0.1) is 6.92 Å². The average Bonchev–Trinajstić information content (AvgIpc) is 2.70. The van der Waals surface area contributed by atoms with Crippen molar-refractivity contribution in [3.05, 3.63) is 53.3 Å². The Kier molecular flexibility index (Phi) is 2.69. The van der Waals surface area contributed by atoms with E-state index < -0.39 is 0 Å². The van der Waals surface area contributed by atoms with Crippen molar-refractivity contribution >= 4 is 0 Å². The van der Waals surface area contributed by atoms with E-state index in [1.165, 1.54) is 11.3 Å². The van der Waals surface area contributed by atoms with Crippen LogP contribution in [0.2, 0.25) is 0 Å². The second kappa shape index (κ2) is 4.34. The summed E-state index contributed by atoms with van der Waals surface area (Å²) >= 11 is 0. The molecule has 0 spiro atoms. The highest BCUT2D eigenvalue weighted by atomic mass is 15.3. The molecule has 0 fully saturated rings. The van der Waals surface area contributed by atoms with Crippen molar-refractivity contribution in [2.75, 3.05) is 6.54 Å². The Balaban J connectivity index is 1.72. The van der Waals surface area contributed by atoms with E-state index in [2.05, 4.69) is 58.0 Å². The van der Waals surface area contributed by atoms with Crippen LogP contribution >= 0.6 is 0 Å². The van der Waals surface area contributed by atoms with Crippen LogP contribution in [0.3, 0.4) is 0 Å². The molecule has 1 aromatic heterocycles. The van der Waals surface area contributed by atoms with E-state index in [0.717, 1.165) is 31.9 Å². The standard InChI is InChI=1S/C14H17N3/c1-12-9-14-11-16(7-8-17(14)15-12)10-13-5-3-2-4-6-13/h2-6,9H,7-8,10-11H2,1H3. The number of rotatable bonds is 2. The molecule has 3 nitrogen and oxygen atoms in total. The van der Waals surface area contributed by atoms with Crippen LogP contribution in [0.5, 0.6) is 0 Å². The van der Waals surface area contributed by atoms with Crippen LogP contribution < -0.4 is 0 Å². The molecule has 0 amide bonds. The molecule has 2 aromatic rings. The highest BCUT2D eigenvalue weighted by Crippen LogP contribution is 2.15. The van der Waals surface area contributed by atoms with Gasteiger partial charge >= 0.3 is 0 Å². The summed E-state index contributed by atoms with van der Waals surface area (Å²) in [4.78, 5) is 2.48. The summed E-state index contributed by atoms with van der Waals surface area (Å²) in [6, 6.07) is 12.9. The van der Waals surface area contributed by atoms with E-state index in [-0.39, 0.29) is 0 Å². The summed E-state index contributed by atoms with van der Waals surface area (Å²) < 4.78 is 2.14. The van der Waals surface area contributed by atoms with Gasteiger partial charge < -0.3 is 0 Å². The molecule has 1 aliphatic heterocycles. The van der Waals surface area contributed by atoms with Gasteiger partial charge in [-0.3, -0.25) is 9.58 Å². The zero-order chi connectivity index (χ0) is 11.7. The summed E-state index contributed by atoms with van der Waals surface area (Å²) in [6.45, 7) is 6.20. The molecule has 3 rings (SSSR count). The van der Waals surface area contributed by atoms with Gasteiger partial charge in [0.2, 0.25) is 0 Å². The molecule has 1 aromatic carbocycles. The number of hydrogen-bond acceptors (Lipinski definition) is 2. The van der Waals surface area contributed by atoms with Gasteiger partial charge in [0, 0.05) is 19.6 Å². The molecule has 2 heterocycles. The minimum absolute atomic E-state index is 1.01. The number of aryl methyl sites for hydroxylation is 1. The Morgan fingerprint density at radius 3 is 2.82 bits per heavy atom. The second-order valence-electron chi connectivity index (χ2n) is 4.70. The van der Waals surface area contributed by atoms with E-state index in [0.29, 0.717) is 0 Å². The Morgan fingerprint density at radius 2 is 2.00 bits per heavy atom. The van der Waals surface area contributed by atoms with Gasteiger partial charge in [0.1, 0.15) is 0 Å². The quantitative estimate of drug-likeness (QED) is 0.784. The number of benzene rings is 1. The monoisotopic (exact) mass is 227 g/mol. The Bertz CT molecular complexity index is 501. The molecule has 0 aliphatic carbocycles. The lowest BCUT2D eigenvalue weighted by Gasteiger charge is -2.27. The largest absolute Gasteiger partial charge is 0.291 e. The molecule has 1 aliphatic rings. The van der Waals surface area contributed by atoms with Crippen LogP contribution in [0.1, 0.15) is 17.0 Å². The first-order valence-corrected chi connectivity index (χ1v) is 6.11. The van der Waals surface area contributed by atoms with Gasteiger partial charge in [0.15, 0.2) is 0 Å². The van der Waals surface area contributed by atoms with Crippen molar-refractivity contribution in [1.82, 2.24) is 14.7 Å². The molecular formula is C14H17N3. The van der Waals surface area contributed by atoms with E-state index in [4.69, 9.17) is 0 Å². The van der Waals surface area contributed by atoms with E-state index in [1.807, 2.05) is 0 Å². The highest BCUT2D eigenvalue weighted by Gasteiger charge is 2.17. The lowest BCUT2D eigenvalue weighted by Crippen LogP contribution is -2.33. The van der Waals surface area contributed by atoms with Gasteiger partial charge in [-0.25, -0.2) is 0 Å². The van der Waals surface area contributed by atoms with E-state index in [1.54, 1.807) is 0 Å². The Morgan fingerprint density at radius 1 is 1.18 bits per heavy atom. The first-order valence-electron chi connectivity index (χ1n) is 6.11. The smallest absolute Gasteiger partial charge is 0.0597 e. The maximum atomic E-state index is 4.48. The molecule has 0 radical (unpaired) electrons. The molecular weight excluding hydrogens is 210 g/mol. The first-order chi connectivity index (χ1) is 8.31. The maximum absolute atomic E-state index is 4.48. The molecule has 0 saturated heterocycles.